The van der Waals surface area contributed by atoms with Gasteiger partial charge in [0.15, 0.2) is 0 Å². The highest BCUT2D eigenvalue weighted by Gasteiger charge is 2.06. The first-order chi connectivity index (χ1) is 9.11. The molecule has 0 fully saturated rings. The summed E-state index contributed by atoms with van der Waals surface area (Å²) in [5.41, 5.74) is 0.123. The van der Waals surface area contributed by atoms with Crippen LogP contribution in [0.5, 0.6) is 5.88 Å². The van der Waals surface area contributed by atoms with E-state index in [1.807, 2.05) is 6.07 Å². The van der Waals surface area contributed by atoms with E-state index >= 15 is 0 Å². The smallest absolute Gasteiger partial charge is 0.227 e. The molecule has 0 aliphatic rings. The highest BCUT2D eigenvalue weighted by molar-refractivity contribution is 9.10. The number of aromatic amines is 1. The van der Waals surface area contributed by atoms with E-state index in [4.69, 9.17) is 16.3 Å². The number of hydrogen-bond acceptors (Lipinski definition) is 5. The number of ether oxygens (including phenoxy) is 1. The van der Waals surface area contributed by atoms with E-state index in [1.54, 1.807) is 19.5 Å². The highest BCUT2D eigenvalue weighted by atomic mass is 79.9. The van der Waals surface area contributed by atoms with Gasteiger partial charge in [0.1, 0.15) is 10.7 Å². The molecular weight excluding hydrogens is 354 g/mol. The van der Waals surface area contributed by atoms with Crippen molar-refractivity contribution in [3.05, 3.63) is 44.4 Å². The van der Waals surface area contributed by atoms with Crippen molar-refractivity contribution in [2.75, 3.05) is 11.8 Å². The molecule has 2 aromatic rings. The molecule has 100 valence electrons. The zero-order chi connectivity index (χ0) is 13.8. The topological polar surface area (TPSA) is 67.0 Å². The van der Waals surface area contributed by atoms with Crippen molar-refractivity contribution in [3.63, 3.8) is 0 Å². The normalized spacial score (nSPS) is 10.3. The standard InChI is InChI=1S/C11H9BrClN3O2S/c1-18-11-7(12)2-6(3-15-11)19-16-9-5-14-4-8(13)10(9)17/h2-5,16H,1H3,(H,14,17). The van der Waals surface area contributed by atoms with Crippen molar-refractivity contribution >= 4 is 45.2 Å². The van der Waals surface area contributed by atoms with Gasteiger partial charge in [0.05, 0.1) is 11.6 Å². The van der Waals surface area contributed by atoms with Crippen molar-refractivity contribution in [2.24, 2.45) is 0 Å². The Bertz CT molecular complexity index is 650. The number of H-pyrrole nitrogens is 1. The number of rotatable bonds is 4. The molecule has 8 heteroatoms. The predicted octanol–water partition coefficient (Wildman–Crippen LogP) is 3.31. The van der Waals surface area contributed by atoms with Gasteiger partial charge in [-0.1, -0.05) is 11.6 Å². The Morgan fingerprint density at radius 1 is 1.53 bits per heavy atom. The first kappa shape index (κ1) is 14.2. The van der Waals surface area contributed by atoms with Crippen molar-refractivity contribution < 1.29 is 4.74 Å². The van der Waals surface area contributed by atoms with Crippen LogP contribution in [0.3, 0.4) is 0 Å². The van der Waals surface area contributed by atoms with E-state index < -0.39 is 0 Å². The van der Waals surface area contributed by atoms with Gasteiger partial charge in [0, 0.05) is 23.5 Å². The van der Waals surface area contributed by atoms with Crippen LogP contribution in [0.1, 0.15) is 0 Å². The molecule has 19 heavy (non-hydrogen) atoms. The van der Waals surface area contributed by atoms with Crippen LogP contribution in [0.4, 0.5) is 5.69 Å². The number of nitrogens with zero attached hydrogens (tertiary/aromatic N) is 1. The van der Waals surface area contributed by atoms with Crippen molar-refractivity contribution in [1.82, 2.24) is 9.97 Å². The number of halogens is 2. The van der Waals surface area contributed by atoms with Gasteiger partial charge in [0.25, 0.3) is 0 Å². The highest BCUT2D eigenvalue weighted by Crippen LogP contribution is 2.27. The van der Waals surface area contributed by atoms with E-state index in [-0.39, 0.29) is 10.5 Å². The molecule has 0 spiro atoms. The maximum Gasteiger partial charge on any atom is 0.227 e. The summed E-state index contributed by atoms with van der Waals surface area (Å²) in [7, 11) is 1.55. The third-order valence-electron chi connectivity index (χ3n) is 2.15. The molecule has 0 atom stereocenters. The Balaban J connectivity index is 2.12. The number of aromatic nitrogens is 2. The minimum Gasteiger partial charge on any atom is -0.480 e. The van der Waals surface area contributed by atoms with Crippen LogP contribution < -0.4 is 14.9 Å². The summed E-state index contributed by atoms with van der Waals surface area (Å²) in [5.74, 6) is 0.505. The average Bonchev–Trinajstić information content (AvgIpc) is 2.40. The Kier molecular flexibility index (Phi) is 4.73. The largest absolute Gasteiger partial charge is 0.480 e. The quantitative estimate of drug-likeness (QED) is 0.817. The van der Waals surface area contributed by atoms with Crippen LogP contribution in [-0.2, 0) is 0 Å². The number of pyridine rings is 2. The lowest BCUT2D eigenvalue weighted by Gasteiger charge is -2.06. The summed E-state index contributed by atoms with van der Waals surface area (Å²) in [6.07, 6.45) is 4.62. The SMILES string of the molecule is COc1ncc(SNc2c[nH]cc(Cl)c2=O)cc1Br. The van der Waals surface area contributed by atoms with Crippen molar-refractivity contribution in [2.45, 2.75) is 4.90 Å². The number of hydrogen-bond donors (Lipinski definition) is 2. The molecule has 5 nitrogen and oxygen atoms in total. The second-order valence-electron chi connectivity index (χ2n) is 3.41. The van der Waals surface area contributed by atoms with Crippen LogP contribution in [0, 0.1) is 0 Å². The molecule has 0 aliphatic heterocycles. The summed E-state index contributed by atoms with van der Waals surface area (Å²) >= 11 is 10.3. The van der Waals surface area contributed by atoms with Crippen LogP contribution in [0.25, 0.3) is 0 Å². The number of methoxy groups -OCH3 is 1. The number of nitrogens with one attached hydrogen (secondary N) is 2. The minimum atomic E-state index is -0.256. The van der Waals surface area contributed by atoms with Gasteiger partial charge in [0.2, 0.25) is 11.3 Å². The molecule has 0 unspecified atom stereocenters. The van der Waals surface area contributed by atoms with E-state index in [9.17, 15) is 4.79 Å². The zero-order valence-corrected chi connectivity index (χ0v) is 12.9. The summed E-state index contributed by atoms with van der Waals surface area (Å²) < 4.78 is 8.70. The zero-order valence-electron chi connectivity index (χ0n) is 9.74. The number of anilines is 1. The first-order valence-electron chi connectivity index (χ1n) is 5.11. The lowest BCUT2D eigenvalue weighted by atomic mass is 10.4. The van der Waals surface area contributed by atoms with Crippen molar-refractivity contribution in [1.29, 1.82) is 0 Å². The molecular formula is C11H9BrClN3O2S. The van der Waals surface area contributed by atoms with Gasteiger partial charge in [-0.2, -0.15) is 0 Å². The summed E-state index contributed by atoms with van der Waals surface area (Å²) in [4.78, 5) is 19.4. The fraction of sp³-hybridized carbons (Fsp3) is 0.0909. The molecule has 2 heterocycles. The fourth-order valence-corrected chi connectivity index (χ4v) is 2.75. The van der Waals surface area contributed by atoms with E-state index in [0.717, 1.165) is 9.37 Å². The Labute approximate surface area is 127 Å². The average molecular weight is 363 g/mol. The van der Waals surface area contributed by atoms with Gasteiger partial charge in [-0.25, -0.2) is 4.98 Å². The monoisotopic (exact) mass is 361 g/mol. The predicted molar refractivity (Wildman–Crippen MR) is 80.0 cm³/mol. The molecule has 0 amide bonds. The Morgan fingerprint density at radius 3 is 3.00 bits per heavy atom. The second-order valence-corrected chi connectivity index (χ2v) is 5.55. The third-order valence-corrected chi connectivity index (χ3v) is 3.78. The summed E-state index contributed by atoms with van der Waals surface area (Å²) in [6, 6.07) is 1.84. The summed E-state index contributed by atoms with van der Waals surface area (Å²) in [5, 5.41) is 0.139. The lowest BCUT2D eigenvalue weighted by molar-refractivity contribution is 0.394. The molecule has 2 N–H and O–H groups in total. The Hall–Kier alpha value is -1.18. The molecule has 2 aromatic heterocycles. The van der Waals surface area contributed by atoms with E-state index in [1.165, 1.54) is 18.1 Å². The third kappa shape index (κ3) is 3.43. The van der Waals surface area contributed by atoms with Gasteiger partial charge < -0.3 is 14.4 Å². The van der Waals surface area contributed by atoms with Crippen LogP contribution >= 0.6 is 39.5 Å². The lowest BCUT2D eigenvalue weighted by Crippen LogP contribution is -2.07. The minimum absolute atomic E-state index is 0.139. The van der Waals surface area contributed by atoms with E-state index in [0.29, 0.717) is 11.6 Å². The molecule has 0 bridgehead atoms. The molecule has 0 radical (unpaired) electrons. The molecule has 0 aromatic carbocycles. The molecule has 0 aliphatic carbocycles. The van der Waals surface area contributed by atoms with Crippen molar-refractivity contribution in [3.8, 4) is 5.88 Å². The molecule has 0 saturated carbocycles. The first-order valence-corrected chi connectivity index (χ1v) is 7.09. The van der Waals surface area contributed by atoms with E-state index in [2.05, 4.69) is 30.6 Å². The van der Waals surface area contributed by atoms with Gasteiger partial charge in [-0.15, -0.1) is 0 Å². The van der Waals surface area contributed by atoms with Crippen LogP contribution in [-0.4, -0.2) is 17.1 Å². The van der Waals surface area contributed by atoms with Gasteiger partial charge in [-0.3, -0.25) is 4.79 Å². The summed E-state index contributed by atoms with van der Waals surface area (Å²) in [6.45, 7) is 0. The van der Waals surface area contributed by atoms with Crippen LogP contribution in [0.15, 0.2) is 38.8 Å². The van der Waals surface area contributed by atoms with Gasteiger partial charge in [-0.05, 0) is 33.9 Å². The van der Waals surface area contributed by atoms with Crippen LogP contribution in [0.2, 0.25) is 5.02 Å². The maximum atomic E-state index is 11.7. The molecule has 2 rings (SSSR count). The second kappa shape index (κ2) is 6.31. The fourth-order valence-electron chi connectivity index (χ4n) is 1.26. The Morgan fingerprint density at radius 2 is 2.32 bits per heavy atom. The van der Waals surface area contributed by atoms with Gasteiger partial charge >= 0.3 is 0 Å². The molecule has 0 saturated heterocycles. The maximum absolute atomic E-state index is 11.7.